The number of carbonyl (C=O) groups excluding carboxylic acids is 4. The van der Waals surface area contributed by atoms with E-state index in [2.05, 4.69) is 28.1 Å². The predicted octanol–water partition coefficient (Wildman–Crippen LogP) is 8.36. The molecular weight excluding hydrogens is 734 g/mol. The van der Waals surface area contributed by atoms with Crippen molar-refractivity contribution in [2.75, 3.05) is 10.8 Å². The second-order valence-electron chi connectivity index (χ2n) is 13.2. The minimum atomic E-state index is -1.21. The summed E-state index contributed by atoms with van der Waals surface area (Å²) in [5.41, 5.74) is 2.94. The molecule has 7 unspecified atom stereocenters. The van der Waals surface area contributed by atoms with Crippen molar-refractivity contribution in [1.29, 1.82) is 0 Å². The summed E-state index contributed by atoms with van der Waals surface area (Å²) in [6, 6.07) is 15.2. The van der Waals surface area contributed by atoms with Crippen LogP contribution in [0.15, 0.2) is 77.3 Å². The average molecular weight is 762 g/mol. The van der Waals surface area contributed by atoms with Gasteiger partial charge in [0.25, 0.3) is 0 Å². The minimum absolute atomic E-state index is 0.0440. The van der Waals surface area contributed by atoms with Crippen molar-refractivity contribution in [3.05, 3.63) is 105 Å². The van der Waals surface area contributed by atoms with Crippen LogP contribution < -0.4 is 4.90 Å². The molecule has 5 aliphatic rings. The van der Waals surface area contributed by atoms with Crippen LogP contribution in [-0.2, 0) is 14.3 Å². The molecule has 4 aromatic rings. The standard InChI is InChI=1S/C38H28BrCl2FN2O5/c1-17-33(41)28(39)15-26-27(38(48)49-30(12-13-40)35(45)19-2-6-20(42)7-3-19)16-29(43-34(17)26)18-4-8-21(9-5-18)44-36(46)31-22-10-11-23(25-14-24(22)25)32(31)37(44)47/h2-11,15-16,22-25,30-32H,12-14H2,1H3. The van der Waals surface area contributed by atoms with Gasteiger partial charge in [-0.15, -0.1) is 11.6 Å². The molecule has 0 radical (unpaired) electrons. The van der Waals surface area contributed by atoms with Crippen LogP contribution >= 0.6 is 39.1 Å². The number of ether oxygens (including phenoxy) is 1. The number of hydrogen-bond donors (Lipinski definition) is 0. The number of hydrogen-bond acceptors (Lipinski definition) is 6. The first kappa shape index (κ1) is 32.3. The van der Waals surface area contributed by atoms with Crippen LogP contribution in [-0.4, -0.2) is 40.5 Å². The molecule has 2 amide bonds. The number of fused-ring (bicyclic) bond motifs is 1. The van der Waals surface area contributed by atoms with E-state index in [1.54, 1.807) is 43.3 Å². The number of Topliss-reactive ketones (excluding diaryl/α,β-unsaturated/α-hetero) is 1. The Labute approximate surface area is 299 Å². The number of amides is 2. The fourth-order valence-corrected chi connectivity index (χ4v) is 8.97. The van der Waals surface area contributed by atoms with Crippen LogP contribution in [0.25, 0.3) is 22.2 Å². The molecule has 11 heteroatoms. The summed E-state index contributed by atoms with van der Waals surface area (Å²) in [5.74, 6) is -1.33. The maximum absolute atomic E-state index is 13.9. The number of imide groups is 1. The van der Waals surface area contributed by atoms with E-state index >= 15 is 0 Å². The summed E-state index contributed by atoms with van der Waals surface area (Å²) in [5, 5.41) is 0.877. The number of benzene rings is 3. The molecule has 3 aromatic carbocycles. The van der Waals surface area contributed by atoms with Crippen molar-refractivity contribution in [3.8, 4) is 11.3 Å². The minimum Gasteiger partial charge on any atom is -0.450 e. The van der Waals surface area contributed by atoms with E-state index in [1.807, 2.05) is 0 Å². The van der Waals surface area contributed by atoms with Gasteiger partial charge in [-0.25, -0.2) is 14.2 Å². The SMILES string of the molecule is Cc1c(Cl)c(Br)cc2c(C(=O)OC(CCCl)C(=O)c3ccc(F)cc3)cc(-c3ccc(N4C(=O)C5C6C=CC(C7CC67)C5C4=O)cc3)nc12. The Balaban J connectivity index is 1.13. The second-order valence-corrected chi connectivity index (χ2v) is 14.8. The Morgan fingerprint density at radius 3 is 2.24 bits per heavy atom. The Hall–Kier alpha value is -3.92. The number of ketones is 1. The fourth-order valence-electron chi connectivity index (χ4n) is 8.10. The molecule has 49 heavy (non-hydrogen) atoms. The van der Waals surface area contributed by atoms with E-state index in [0.29, 0.717) is 54.7 Å². The molecule has 2 bridgehead atoms. The number of esters is 1. The van der Waals surface area contributed by atoms with Crippen LogP contribution in [0.1, 0.15) is 39.1 Å². The third-order valence-corrected chi connectivity index (χ3v) is 12.1. The van der Waals surface area contributed by atoms with Gasteiger partial charge in [0.2, 0.25) is 17.6 Å². The molecule has 2 saturated carbocycles. The molecule has 7 nitrogen and oxygen atoms in total. The van der Waals surface area contributed by atoms with Gasteiger partial charge in [-0.05, 0) is 107 Å². The van der Waals surface area contributed by atoms with Crippen LogP contribution in [0.5, 0.6) is 0 Å². The lowest BCUT2D eigenvalue weighted by atomic mass is 9.63. The molecule has 1 aromatic heterocycles. The Bertz CT molecular complexity index is 2090. The second kappa shape index (κ2) is 12.1. The maximum atomic E-state index is 13.9. The summed E-state index contributed by atoms with van der Waals surface area (Å²) >= 11 is 16.0. The number of anilines is 1. The highest BCUT2D eigenvalue weighted by Gasteiger charge is 2.67. The van der Waals surface area contributed by atoms with Gasteiger partial charge < -0.3 is 4.74 Å². The number of carbonyl (C=O) groups is 4. The lowest BCUT2D eigenvalue weighted by Crippen LogP contribution is -2.40. The van der Waals surface area contributed by atoms with E-state index < -0.39 is 23.7 Å². The van der Waals surface area contributed by atoms with Crippen molar-refractivity contribution in [3.63, 3.8) is 0 Å². The molecule has 0 spiro atoms. The number of rotatable bonds is 8. The third-order valence-electron chi connectivity index (χ3n) is 10.6. The molecule has 7 atom stereocenters. The number of aryl methyl sites for hydroxylation is 1. The molecule has 2 heterocycles. The lowest BCUT2D eigenvalue weighted by Gasteiger charge is -2.37. The summed E-state index contributed by atoms with van der Waals surface area (Å²) < 4.78 is 19.9. The Morgan fingerprint density at radius 1 is 1.00 bits per heavy atom. The number of halogens is 4. The van der Waals surface area contributed by atoms with Crippen molar-refractivity contribution < 1.29 is 28.3 Å². The first-order chi connectivity index (χ1) is 23.6. The van der Waals surface area contributed by atoms with E-state index in [4.69, 9.17) is 32.9 Å². The molecule has 0 N–H and O–H groups in total. The molecule has 3 fully saturated rings. The highest BCUT2D eigenvalue weighted by Crippen LogP contribution is 2.65. The van der Waals surface area contributed by atoms with Crippen LogP contribution in [0, 0.1) is 48.2 Å². The summed E-state index contributed by atoms with van der Waals surface area (Å²) in [4.78, 5) is 60.7. The number of nitrogens with zero attached hydrogens (tertiary/aromatic N) is 2. The topological polar surface area (TPSA) is 93.6 Å². The largest absolute Gasteiger partial charge is 0.450 e. The average Bonchev–Trinajstić information content (AvgIpc) is 3.89. The number of allylic oxidation sites excluding steroid dienone is 2. The van der Waals surface area contributed by atoms with E-state index in [-0.39, 0.29) is 58.9 Å². The van der Waals surface area contributed by atoms with Gasteiger partial charge in [0, 0.05) is 33.3 Å². The molecule has 4 aliphatic carbocycles. The van der Waals surface area contributed by atoms with Gasteiger partial charge in [0.15, 0.2) is 6.10 Å². The van der Waals surface area contributed by atoms with Gasteiger partial charge in [0.05, 0.1) is 39.3 Å². The zero-order valence-corrected chi connectivity index (χ0v) is 29.1. The summed E-state index contributed by atoms with van der Waals surface area (Å²) in [6.07, 6.45) is 4.22. The molecular formula is C38H28BrCl2FN2O5. The molecule has 1 saturated heterocycles. The lowest BCUT2D eigenvalue weighted by molar-refractivity contribution is -0.124. The van der Waals surface area contributed by atoms with Gasteiger partial charge >= 0.3 is 5.97 Å². The summed E-state index contributed by atoms with van der Waals surface area (Å²) in [7, 11) is 0. The van der Waals surface area contributed by atoms with Gasteiger partial charge in [-0.2, -0.15) is 0 Å². The molecule has 9 rings (SSSR count). The molecule has 1 aliphatic heterocycles. The van der Waals surface area contributed by atoms with Crippen molar-refractivity contribution in [1.82, 2.24) is 4.98 Å². The quantitative estimate of drug-likeness (QED) is 0.0589. The third kappa shape index (κ3) is 5.24. The Morgan fingerprint density at radius 2 is 1.63 bits per heavy atom. The van der Waals surface area contributed by atoms with Crippen LogP contribution in [0.2, 0.25) is 5.02 Å². The number of aromatic nitrogens is 1. The Kier molecular flexibility index (Phi) is 8.00. The van der Waals surface area contributed by atoms with Crippen molar-refractivity contribution in [2.45, 2.75) is 25.9 Å². The number of pyridine rings is 1. The van der Waals surface area contributed by atoms with Crippen molar-refractivity contribution in [2.24, 2.45) is 35.5 Å². The van der Waals surface area contributed by atoms with E-state index in [0.717, 1.165) is 18.6 Å². The normalized spacial score (nSPS) is 25.4. The first-order valence-electron chi connectivity index (χ1n) is 16.1. The van der Waals surface area contributed by atoms with Crippen LogP contribution in [0.3, 0.4) is 0 Å². The van der Waals surface area contributed by atoms with E-state index in [1.165, 1.54) is 17.0 Å². The van der Waals surface area contributed by atoms with E-state index in [9.17, 15) is 23.6 Å². The van der Waals surface area contributed by atoms with Gasteiger partial charge in [0.1, 0.15) is 5.82 Å². The van der Waals surface area contributed by atoms with Crippen LogP contribution in [0.4, 0.5) is 10.1 Å². The zero-order chi connectivity index (χ0) is 34.3. The number of alkyl halides is 1. The smallest absolute Gasteiger partial charge is 0.339 e. The van der Waals surface area contributed by atoms with Gasteiger partial charge in [-0.1, -0.05) is 35.9 Å². The highest BCUT2D eigenvalue weighted by atomic mass is 79.9. The monoisotopic (exact) mass is 760 g/mol. The fraction of sp³-hybridized carbons (Fsp3) is 0.289. The maximum Gasteiger partial charge on any atom is 0.339 e. The van der Waals surface area contributed by atoms with Gasteiger partial charge in [-0.3, -0.25) is 19.3 Å². The summed E-state index contributed by atoms with van der Waals surface area (Å²) in [6.45, 7) is 1.79. The molecule has 248 valence electrons. The first-order valence-corrected chi connectivity index (χ1v) is 17.8. The highest BCUT2D eigenvalue weighted by molar-refractivity contribution is 9.10. The zero-order valence-electron chi connectivity index (χ0n) is 26.0. The predicted molar refractivity (Wildman–Crippen MR) is 187 cm³/mol. The van der Waals surface area contributed by atoms with Crippen molar-refractivity contribution >= 4 is 79.3 Å².